The van der Waals surface area contributed by atoms with E-state index in [1.807, 2.05) is 38.1 Å². The minimum Gasteiger partial charge on any atom is -0.481 e. The third-order valence-electron chi connectivity index (χ3n) is 5.98. The molecule has 1 atom stereocenters. The highest BCUT2D eigenvalue weighted by Gasteiger charge is 2.29. The van der Waals surface area contributed by atoms with Crippen molar-refractivity contribution in [2.75, 3.05) is 26.7 Å². The van der Waals surface area contributed by atoms with Gasteiger partial charge in [-0.05, 0) is 34.6 Å². The van der Waals surface area contributed by atoms with Crippen LogP contribution in [0.5, 0.6) is 0 Å². The summed E-state index contributed by atoms with van der Waals surface area (Å²) < 4.78 is 5.56. The molecule has 33 heavy (non-hydrogen) atoms. The molecular weight excluding hydrogens is 420 g/mol. The smallest absolute Gasteiger partial charge is 0.407 e. The van der Waals surface area contributed by atoms with Crippen LogP contribution in [0, 0.1) is 11.8 Å². The summed E-state index contributed by atoms with van der Waals surface area (Å²) in [7, 11) is 1.59. The first-order valence-electron chi connectivity index (χ1n) is 11.3. The van der Waals surface area contributed by atoms with E-state index in [9.17, 15) is 14.4 Å². The number of carboxylic acid groups (broad SMARTS) is 1. The van der Waals surface area contributed by atoms with Crippen LogP contribution >= 0.6 is 0 Å². The van der Waals surface area contributed by atoms with Crippen LogP contribution in [0.25, 0.3) is 11.1 Å². The van der Waals surface area contributed by atoms with Gasteiger partial charge >= 0.3 is 12.1 Å². The summed E-state index contributed by atoms with van der Waals surface area (Å²) in [6.45, 7) is 4.50. The van der Waals surface area contributed by atoms with Crippen LogP contribution in [0.2, 0.25) is 0 Å². The average molecular weight is 453 g/mol. The van der Waals surface area contributed by atoms with Gasteiger partial charge in [0, 0.05) is 26.1 Å². The summed E-state index contributed by atoms with van der Waals surface area (Å²) in [5.74, 6) is -1.35. The quantitative estimate of drug-likeness (QED) is 0.565. The lowest BCUT2D eigenvalue weighted by atomic mass is 9.95. The van der Waals surface area contributed by atoms with Crippen LogP contribution in [0.1, 0.15) is 43.7 Å². The van der Waals surface area contributed by atoms with Gasteiger partial charge in [-0.25, -0.2) is 4.79 Å². The number of hydrogen-bond acceptors (Lipinski definition) is 4. The Bertz CT molecular complexity index is 958. The molecule has 0 fully saturated rings. The highest BCUT2D eigenvalue weighted by atomic mass is 16.5. The molecule has 0 saturated carbocycles. The van der Waals surface area contributed by atoms with Crippen LogP contribution in [0.4, 0.5) is 4.79 Å². The van der Waals surface area contributed by atoms with Crippen LogP contribution in [-0.2, 0) is 14.3 Å². The summed E-state index contributed by atoms with van der Waals surface area (Å²) in [6.07, 6.45) is -0.0947. The van der Waals surface area contributed by atoms with Crippen molar-refractivity contribution < 1.29 is 24.2 Å². The monoisotopic (exact) mass is 452 g/mol. The zero-order valence-electron chi connectivity index (χ0n) is 19.4. The topological polar surface area (TPSA) is 95.9 Å². The van der Waals surface area contributed by atoms with Crippen LogP contribution < -0.4 is 5.32 Å². The van der Waals surface area contributed by atoms with E-state index < -0.39 is 18.0 Å². The summed E-state index contributed by atoms with van der Waals surface area (Å²) in [4.78, 5) is 37.5. The van der Waals surface area contributed by atoms with Crippen molar-refractivity contribution in [1.82, 2.24) is 10.2 Å². The van der Waals surface area contributed by atoms with Crippen molar-refractivity contribution in [2.45, 2.75) is 32.6 Å². The van der Waals surface area contributed by atoms with E-state index in [1.165, 1.54) is 4.90 Å². The number of rotatable bonds is 10. The Morgan fingerprint density at radius 3 is 2.15 bits per heavy atom. The molecule has 7 heteroatoms. The first-order chi connectivity index (χ1) is 15.8. The van der Waals surface area contributed by atoms with Crippen LogP contribution in [-0.4, -0.2) is 54.7 Å². The molecule has 1 aliphatic rings. The number of hydrogen-bond donors (Lipinski definition) is 2. The molecule has 1 unspecified atom stereocenters. The zero-order chi connectivity index (χ0) is 24.0. The number of ether oxygens (including phenoxy) is 1. The van der Waals surface area contributed by atoms with E-state index in [1.54, 1.807) is 7.05 Å². The van der Waals surface area contributed by atoms with Gasteiger partial charge in [0.2, 0.25) is 5.91 Å². The number of aliphatic carboxylic acids is 1. The largest absolute Gasteiger partial charge is 0.481 e. The van der Waals surface area contributed by atoms with Gasteiger partial charge in [-0.3, -0.25) is 9.59 Å². The van der Waals surface area contributed by atoms with E-state index >= 15 is 0 Å². The average Bonchev–Trinajstić information content (AvgIpc) is 3.11. The molecule has 3 rings (SSSR count). The maximum atomic E-state index is 12.8. The first-order valence-corrected chi connectivity index (χ1v) is 11.3. The molecule has 176 valence electrons. The number of nitrogens with one attached hydrogen (secondary N) is 1. The number of carbonyl (C=O) groups excluding carboxylic acids is 2. The molecule has 1 aliphatic carbocycles. The third kappa shape index (κ3) is 6.12. The van der Waals surface area contributed by atoms with Gasteiger partial charge < -0.3 is 20.1 Å². The molecule has 2 aromatic rings. The Kier molecular flexibility index (Phi) is 8.09. The number of benzene rings is 2. The molecule has 2 N–H and O–H groups in total. The minimum atomic E-state index is -0.952. The molecule has 7 nitrogen and oxygen atoms in total. The molecule has 0 saturated heterocycles. The Hall–Kier alpha value is -3.35. The Morgan fingerprint density at radius 2 is 1.61 bits per heavy atom. The predicted octanol–water partition coefficient (Wildman–Crippen LogP) is 4.12. The Morgan fingerprint density at radius 1 is 1.03 bits per heavy atom. The van der Waals surface area contributed by atoms with Gasteiger partial charge in [-0.15, -0.1) is 0 Å². The van der Waals surface area contributed by atoms with Crippen molar-refractivity contribution in [3.8, 4) is 11.1 Å². The number of nitrogens with zero attached hydrogens (tertiary/aromatic N) is 1. The molecule has 2 amide bonds. The zero-order valence-corrected chi connectivity index (χ0v) is 19.4. The molecule has 0 aliphatic heterocycles. The fourth-order valence-electron chi connectivity index (χ4n) is 4.38. The summed E-state index contributed by atoms with van der Waals surface area (Å²) >= 11 is 0. The van der Waals surface area contributed by atoms with Crippen LogP contribution in [0.3, 0.4) is 0 Å². The molecule has 0 bridgehead atoms. The second kappa shape index (κ2) is 11.0. The third-order valence-corrected chi connectivity index (χ3v) is 5.98. The van der Waals surface area contributed by atoms with E-state index in [0.29, 0.717) is 6.42 Å². The second-order valence-electron chi connectivity index (χ2n) is 8.94. The summed E-state index contributed by atoms with van der Waals surface area (Å²) in [5.41, 5.74) is 4.60. The molecule has 0 aromatic heterocycles. The maximum absolute atomic E-state index is 12.8. The SMILES string of the molecule is CC(C)CC(CNC(=O)OCC1c2ccccc2-c2ccccc21)C(=O)N(C)CCC(=O)O. The van der Waals surface area contributed by atoms with E-state index in [2.05, 4.69) is 29.6 Å². The van der Waals surface area contributed by atoms with Crippen molar-refractivity contribution >= 4 is 18.0 Å². The van der Waals surface area contributed by atoms with E-state index in [0.717, 1.165) is 22.3 Å². The first kappa shape index (κ1) is 24.3. The van der Waals surface area contributed by atoms with E-state index in [-0.39, 0.29) is 43.9 Å². The summed E-state index contributed by atoms with van der Waals surface area (Å²) in [6, 6.07) is 16.3. The number of fused-ring (bicyclic) bond motifs is 3. The molecule has 0 heterocycles. The van der Waals surface area contributed by atoms with Crippen molar-refractivity contribution in [1.29, 1.82) is 0 Å². The molecular formula is C26H32N2O5. The van der Waals surface area contributed by atoms with Gasteiger partial charge in [0.15, 0.2) is 0 Å². The Labute approximate surface area is 194 Å². The van der Waals surface area contributed by atoms with Crippen molar-refractivity contribution in [3.63, 3.8) is 0 Å². The molecule has 0 radical (unpaired) electrons. The minimum absolute atomic E-state index is 0.0293. The molecule has 2 aromatic carbocycles. The van der Waals surface area contributed by atoms with Gasteiger partial charge in [0.1, 0.15) is 6.61 Å². The fraction of sp³-hybridized carbons (Fsp3) is 0.423. The molecule has 0 spiro atoms. The number of alkyl carbamates (subject to hydrolysis) is 1. The lowest BCUT2D eigenvalue weighted by Crippen LogP contribution is -2.41. The maximum Gasteiger partial charge on any atom is 0.407 e. The second-order valence-corrected chi connectivity index (χ2v) is 8.94. The fourth-order valence-corrected chi connectivity index (χ4v) is 4.38. The van der Waals surface area contributed by atoms with Crippen molar-refractivity contribution in [3.05, 3.63) is 59.7 Å². The Balaban J connectivity index is 1.58. The lowest BCUT2D eigenvalue weighted by Gasteiger charge is -2.25. The standard InChI is InChI=1S/C26H32N2O5/c1-17(2)14-18(25(31)28(3)13-12-24(29)30)15-27-26(32)33-16-23-21-10-6-4-8-19(21)20-9-5-7-11-22(20)23/h4-11,17-18,23H,12-16H2,1-3H3,(H,27,32)(H,29,30). The highest BCUT2D eigenvalue weighted by molar-refractivity contribution is 5.81. The van der Waals surface area contributed by atoms with Crippen LogP contribution in [0.15, 0.2) is 48.5 Å². The normalized spacial score (nSPS) is 13.2. The van der Waals surface area contributed by atoms with Crippen molar-refractivity contribution in [2.24, 2.45) is 11.8 Å². The highest BCUT2D eigenvalue weighted by Crippen LogP contribution is 2.44. The van der Waals surface area contributed by atoms with Gasteiger partial charge in [-0.1, -0.05) is 62.4 Å². The van der Waals surface area contributed by atoms with E-state index in [4.69, 9.17) is 9.84 Å². The van der Waals surface area contributed by atoms with Gasteiger partial charge in [0.25, 0.3) is 0 Å². The van der Waals surface area contributed by atoms with Gasteiger partial charge in [-0.2, -0.15) is 0 Å². The summed E-state index contributed by atoms with van der Waals surface area (Å²) in [5, 5.41) is 11.6. The number of carboxylic acids is 1. The number of amides is 2. The number of carbonyl (C=O) groups is 3. The van der Waals surface area contributed by atoms with Gasteiger partial charge in [0.05, 0.1) is 12.3 Å². The predicted molar refractivity (Wildman–Crippen MR) is 126 cm³/mol. The lowest BCUT2D eigenvalue weighted by molar-refractivity contribution is -0.139.